The zero-order valence-corrected chi connectivity index (χ0v) is 30.6. The van der Waals surface area contributed by atoms with Gasteiger partial charge in [-0.1, -0.05) is 158 Å². The molecule has 0 amide bonds. The van der Waals surface area contributed by atoms with Crippen molar-refractivity contribution in [2.24, 2.45) is 0 Å². The summed E-state index contributed by atoms with van der Waals surface area (Å²) in [6, 6.07) is 68.8. The van der Waals surface area contributed by atoms with Gasteiger partial charge in [-0.2, -0.15) is 0 Å². The van der Waals surface area contributed by atoms with Gasteiger partial charge in [0.05, 0.1) is 5.69 Å². The SMILES string of the molecule is c1ccc(-c2ccccc2-c2ccccc2-c2ccccc2N(c2ccc3c(c2)C2(CCCC2)c2ccccc2-3)c2ccc3c(c2)oc2ccccc23)cc1. The van der Waals surface area contributed by atoms with Crippen LogP contribution in [0.25, 0.3) is 66.4 Å². The Morgan fingerprint density at radius 2 is 0.927 bits per heavy atom. The van der Waals surface area contributed by atoms with Crippen molar-refractivity contribution in [2.75, 3.05) is 4.90 Å². The number of fused-ring (bicyclic) bond motifs is 8. The van der Waals surface area contributed by atoms with E-state index in [0.717, 1.165) is 39.0 Å². The van der Waals surface area contributed by atoms with Gasteiger partial charge in [0.15, 0.2) is 0 Å². The van der Waals surface area contributed by atoms with E-state index < -0.39 is 0 Å². The average molecular weight is 706 g/mol. The van der Waals surface area contributed by atoms with E-state index in [2.05, 4.69) is 187 Å². The van der Waals surface area contributed by atoms with Crippen molar-refractivity contribution in [3.63, 3.8) is 0 Å². The lowest BCUT2D eigenvalue weighted by Gasteiger charge is -2.31. The van der Waals surface area contributed by atoms with E-state index >= 15 is 0 Å². The Bertz CT molecular complexity index is 2890. The summed E-state index contributed by atoms with van der Waals surface area (Å²) in [5, 5.41) is 2.27. The zero-order valence-electron chi connectivity index (χ0n) is 30.6. The molecule has 0 N–H and O–H groups in total. The van der Waals surface area contributed by atoms with Crippen LogP contribution in [-0.2, 0) is 5.41 Å². The maximum absolute atomic E-state index is 6.53. The molecule has 1 heterocycles. The molecule has 9 aromatic rings. The summed E-state index contributed by atoms with van der Waals surface area (Å²) in [6.45, 7) is 0. The van der Waals surface area contributed by atoms with E-state index in [1.165, 1.54) is 81.3 Å². The minimum absolute atomic E-state index is 0.0591. The Hall–Kier alpha value is -6.64. The first-order chi connectivity index (χ1) is 27.3. The van der Waals surface area contributed by atoms with Crippen LogP contribution in [0, 0.1) is 0 Å². The number of hydrogen-bond donors (Lipinski definition) is 0. The predicted molar refractivity (Wildman–Crippen MR) is 229 cm³/mol. The molecule has 1 spiro atoms. The Kier molecular flexibility index (Phi) is 7.38. The second-order valence-corrected chi connectivity index (χ2v) is 15.2. The molecule has 0 atom stereocenters. The van der Waals surface area contributed by atoms with Gasteiger partial charge in [0.1, 0.15) is 11.2 Å². The lowest BCUT2D eigenvalue weighted by molar-refractivity contribution is 0.550. The molecular weight excluding hydrogens is 667 g/mol. The summed E-state index contributed by atoms with van der Waals surface area (Å²) in [7, 11) is 0. The third kappa shape index (κ3) is 5.02. The van der Waals surface area contributed by atoms with Gasteiger partial charge in [-0.3, -0.25) is 0 Å². The fourth-order valence-electron chi connectivity index (χ4n) is 9.82. The van der Waals surface area contributed by atoms with Gasteiger partial charge in [0.2, 0.25) is 0 Å². The molecule has 55 heavy (non-hydrogen) atoms. The monoisotopic (exact) mass is 705 g/mol. The molecule has 8 aromatic carbocycles. The fourth-order valence-corrected chi connectivity index (χ4v) is 9.82. The quantitative estimate of drug-likeness (QED) is 0.171. The highest BCUT2D eigenvalue weighted by Crippen LogP contribution is 2.58. The molecule has 2 aliphatic carbocycles. The summed E-state index contributed by atoms with van der Waals surface area (Å²) >= 11 is 0. The Morgan fingerprint density at radius 3 is 1.73 bits per heavy atom. The molecule has 2 nitrogen and oxygen atoms in total. The van der Waals surface area contributed by atoms with E-state index in [1.807, 2.05) is 6.07 Å². The van der Waals surface area contributed by atoms with Crippen LogP contribution < -0.4 is 4.90 Å². The molecule has 1 saturated carbocycles. The number of nitrogens with zero attached hydrogens (tertiary/aromatic N) is 1. The van der Waals surface area contributed by atoms with Gasteiger partial charge in [-0.05, 0) is 99.3 Å². The molecule has 11 rings (SSSR count). The first-order valence-corrected chi connectivity index (χ1v) is 19.6. The minimum Gasteiger partial charge on any atom is -0.456 e. The summed E-state index contributed by atoms with van der Waals surface area (Å²) in [5.74, 6) is 0. The van der Waals surface area contributed by atoms with Gasteiger partial charge in [0.25, 0.3) is 0 Å². The third-order valence-electron chi connectivity index (χ3n) is 12.3. The van der Waals surface area contributed by atoms with Gasteiger partial charge in [-0.25, -0.2) is 0 Å². The van der Waals surface area contributed by atoms with Crippen LogP contribution in [0.15, 0.2) is 192 Å². The van der Waals surface area contributed by atoms with E-state index in [-0.39, 0.29) is 5.41 Å². The second-order valence-electron chi connectivity index (χ2n) is 15.2. The Labute approximate surface area is 322 Å². The van der Waals surface area contributed by atoms with E-state index in [0.29, 0.717) is 0 Å². The van der Waals surface area contributed by atoms with Crippen LogP contribution >= 0.6 is 0 Å². The number of rotatable bonds is 6. The number of para-hydroxylation sites is 2. The Balaban J connectivity index is 1.14. The third-order valence-corrected chi connectivity index (χ3v) is 12.3. The van der Waals surface area contributed by atoms with Crippen LogP contribution in [0.2, 0.25) is 0 Å². The highest BCUT2D eigenvalue weighted by molar-refractivity contribution is 6.06. The molecule has 0 saturated heterocycles. The molecule has 0 bridgehead atoms. The lowest BCUT2D eigenvalue weighted by atomic mass is 9.76. The zero-order chi connectivity index (χ0) is 36.3. The molecule has 2 heteroatoms. The summed E-state index contributed by atoms with van der Waals surface area (Å²) in [4.78, 5) is 2.47. The molecule has 0 aliphatic heterocycles. The second kappa shape index (κ2) is 12.7. The van der Waals surface area contributed by atoms with Crippen LogP contribution in [0.3, 0.4) is 0 Å². The standard InChI is InChI=1S/C53H39NO/c1-2-16-36(17-3-1)39-18-4-5-19-40(39)41-20-6-7-21-42(41)45-23-9-12-26-50(45)54(38-29-31-47-46-24-10-13-27-51(46)55-52(47)35-38)37-28-30-44-43-22-8-11-25-48(43)53(49(44)34-37)32-14-15-33-53/h1-13,16-31,34-35H,14-15,32-33H2. The first-order valence-electron chi connectivity index (χ1n) is 19.6. The van der Waals surface area contributed by atoms with E-state index in [9.17, 15) is 0 Å². The molecule has 0 unspecified atom stereocenters. The van der Waals surface area contributed by atoms with Crippen LogP contribution in [0.4, 0.5) is 17.1 Å². The number of furan rings is 1. The number of benzene rings is 8. The highest BCUT2D eigenvalue weighted by atomic mass is 16.3. The van der Waals surface area contributed by atoms with Crippen molar-refractivity contribution in [2.45, 2.75) is 31.1 Å². The summed E-state index contributed by atoms with van der Waals surface area (Å²) in [6.07, 6.45) is 4.90. The number of anilines is 3. The van der Waals surface area contributed by atoms with Gasteiger partial charge in [0, 0.05) is 39.2 Å². The molecule has 1 fully saturated rings. The molecule has 1 aromatic heterocycles. The first kappa shape index (κ1) is 31.8. The highest BCUT2D eigenvalue weighted by Gasteiger charge is 2.45. The predicted octanol–water partition coefficient (Wildman–Crippen LogP) is 14.9. The average Bonchev–Trinajstić information content (AvgIpc) is 3.97. The van der Waals surface area contributed by atoms with Gasteiger partial charge in [-0.15, -0.1) is 0 Å². The van der Waals surface area contributed by atoms with Crippen LogP contribution in [0.1, 0.15) is 36.8 Å². The molecule has 2 aliphatic rings. The van der Waals surface area contributed by atoms with Crippen molar-refractivity contribution >= 4 is 39.0 Å². The lowest BCUT2D eigenvalue weighted by Crippen LogP contribution is -2.21. The maximum atomic E-state index is 6.53. The normalized spacial score (nSPS) is 14.0. The van der Waals surface area contributed by atoms with Gasteiger partial charge >= 0.3 is 0 Å². The summed E-state index contributed by atoms with van der Waals surface area (Å²) < 4.78 is 6.53. The van der Waals surface area contributed by atoms with Crippen molar-refractivity contribution in [3.8, 4) is 44.5 Å². The topological polar surface area (TPSA) is 16.4 Å². The van der Waals surface area contributed by atoms with E-state index in [4.69, 9.17) is 4.42 Å². The molecule has 262 valence electrons. The maximum Gasteiger partial charge on any atom is 0.137 e. The van der Waals surface area contributed by atoms with Crippen LogP contribution in [0.5, 0.6) is 0 Å². The van der Waals surface area contributed by atoms with Crippen molar-refractivity contribution in [1.29, 1.82) is 0 Å². The van der Waals surface area contributed by atoms with Gasteiger partial charge < -0.3 is 9.32 Å². The summed E-state index contributed by atoms with van der Waals surface area (Å²) in [5.41, 5.74) is 18.2. The van der Waals surface area contributed by atoms with E-state index in [1.54, 1.807) is 0 Å². The van der Waals surface area contributed by atoms with Crippen molar-refractivity contribution < 1.29 is 4.42 Å². The number of hydrogen-bond acceptors (Lipinski definition) is 2. The largest absolute Gasteiger partial charge is 0.456 e. The fraction of sp³-hybridized carbons (Fsp3) is 0.0943. The molecule has 0 radical (unpaired) electrons. The Morgan fingerprint density at radius 1 is 0.382 bits per heavy atom. The minimum atomic E-state index is 0.0591. The smallest absolute Gasteiger partial charge is 0.137 e. The molecular formula is C53H39NO. The van der Waals surface area contributed by atoms with Crippen molar-refractivity contribution in [1.82, 2.24) is 0 Å². The van der Waals surface area contributed by atoms with Crippen LogP contribution in [-0.4, -0.2) is 0 Å². The van der Waals surface area contributed by atoms with Crippen molar-refractivity contribution in [3.05, 3.63) is 199 Å².